The first kappa shape index (κ1) is 14.8. The Morgan fingerprint density at radius 1 is 1.50 bits per heavy atom. The molecule has 1 aliphatic heterocycles. The first-order valence-electron chi connectivity index (χ1n) is 6.28. The molecule has 1 heterocycles. The van der Waals surface area contributed by atoms with Crippen molar-refractivity contribution in [3.63, 3.8) is 0 Å². The SMILES string of the molecule is CCC[C@H](NC(=O)N1CCOC(C)(C)C1)C(=O)O. The van der Waals surface area contributed by atoms with Crippen LogP contribution in [0, 0.1) is 0 Å². The third-order valence-corrected chi connectivity index (χ3v) is 2.89. The maximum atomic E-state index is 12.0. The number of nitrogens with zero attached hydrogens (tertiary/aromatic N) is 1. The van der Waals surface area contributed by atoms with Crippen LogP contribution in [-0.4, -0.2) is 53.3 Å². The average Bonchev–Trinajstić information content (AvgIpc) is 2.26. The van der Waals surface area contributed by atoms with Gasteiger partial charge in [0, 0.05) is 6.54 Å². The van der Waals surface area contributed by atoms with Crippen LogP contribution in [0.5, 0.6) is 0 Å². The van der Waals surface area contributed by atoms with E-state index in [1.54, 1.807) is 4.90 Å². The number of carbonyl (C=O) groups excluding carboxylic acids is 1. The van der Waals surface area contributed by atoms with Crippen molar-refractivity contribution in [1.82, 2.24) is 10.2 Å². The molecule has 1 fully saturated rings. The van der Waals surface area contributed by atoms with Crippen LogP contribution in [0.4, 0.5) is 4.79 Å². The number of carboxylic acid groups (broad SMARTS) is 1. The van der Waals surface area contributed by atoms with E-state index in [-0.39, 0.29) is 11.6 Å². The molecule has 104 valence electrons. The molecule has 2 N–H and O–H groups in total. The smallest absolute Gasteiger partial charge is 0.326 e. The van der Waals surface area contributed by atoms with Crippen molar-refractivity contribution in [3.8, 4) is 0 Å². The lowest BCUT2D eigenvalue weighted by atomic mass is 10.1. The number of carbonyl (C=O) groups is 2. The Hall–Kier alpha value is -1.30. The number of rotatable bonds is 4. The molecule has 2 amide bonds. The van der Waals surface area contributed by atoms with Gasteiger partial charge in [0.25, 0.3) is 0 Å². The van der Waals surface area contributed by atoms with E-state index in [0.717, 1.165) is 0 Å². The molecule has 0 bridgehead atoms. The summed E-state index contributed by atoms with van der Waals surface area (Å²) in [6.45, 7) is 7.15. The number of amides is 2. The van der Waals surface area contributed by atoms with Crippen molar-refractivity contribution in [3.05, 3.63) is 0 Å². The fraction of sp³-hybridized carbons (Fsp3) is 0.833. The molecular formula is C12H22N2O4. The Kier molecular flexibility index (Phi) is 4.95. The Bertz CT molecular complexity index is 317. The molecule has 0 aromatic carbocycles. The Morgan fingerprint density at radius 3 is 2.67 bits per heavy atom. The number of hydrogen-bond acceptors (Lipinski definition) is 3. The third kappa shape index (κ3) is 4.18. The Balaban J connectivity index is 2.55. The van der Waals surface area contributed by atoms with Crippen molar-refractivity contribution < 1.29 is 19.4 Å². The van der Waals surface area contributed by atoms with Gasteiger partial charge in [-0.3, -0.25) is 0 Å². The molecule has 1 atom stereocenters. The minimum atomic E-state index is -0.988. The fourth-order valence-corrected chi connectivity index (χ4v) is 1.98. The summed E-state index contributed by atoms with van der Waals surface area (Å²) in [6, 6.07) is -1.14. The highest BCUT2D eigenvalue weighted by atomic mass is 16.5. The van der Waals surface area contributed by atoms with Gasteiger partial charge >= 0.3 is 12.0 Å². The molecule has 0 spiro atoms. The molecule has 0 unspecified atom stereocenters. The van der Waals surface area contributed by atoms with Crippen LogP contribution in [0.1, 0.15) is 33.6 Å². The zero-order chi connectivity index (χ0) is 13.8. The lowest BCUT2D eigenvalue weighted by Crippen LogP contribution is -2.56. The van der Waals surface area contributed by atoms with Crippen LogP contribution in [0.2, 0.25) is 0 Å². The van der Waals surface area contributed by atoms with Gasteiger partial charge in [-0.05, 0) is 20.3 Å². The van der Waals surface area contributed by atoms with Gasteiger partial charge in [0.1, 0.15) is 6.04 Å². The molecule has 6 heteroatoms. The summed E-state index contributed by atoms with van der Waals surface area (Å²) in [5, 5.41) is 11.6. The van der Waals surface area contributed by atoms with Gasteiger partial charge in [0.2, 0.25) is 0 Å². The minimum Gasteiger partial charge on any atom is -0.480 e. The average molecular weight is 258 g/mol. The quantitative estimate of drug-likeness (QED) is 0.790. The van der Waals surface area contributed by atoms with Gasteiger partial charge in [-0.2, -0.15) is 0 Å². The second-order valence-electron chi connectivity index (χ2n) is 5.16. The van der Waals surface area contributed by atoms with Gasteiger partial charge in [0.05, 0.1) is 18.8 Å². The second-order valence-corrected chi connectivity index (χ2v) is 5.16. The van der Waals surface area contributed by atoms with E-state index in [9.17, 15) is 9.59 Å². The van der Waals surface area contributed by atoms with Crippen molar-refractivity contribution in [2.45, 2.75) is 45.3 Å². The van der Waals surface area contributed by atoms with Gasteiger partial charge < -0.3 is 20.1 Å². The maximum absolute atomic E-state index is 12.0. The first-order chi connectivity index (χ1) is 8.35. The van der Waals surface area contributed by atoms with Crippen LogP contribution in [-0.2, 0) is 9.53 Å². The molecule has 0 radical (unpaired) electrons. The second kappa shape index (κ2) is 6.04. The zero-order valence-electron chi connectivity index (χ0n) is 11.2. The topological polar surface area (TPSA) is 78.9 Å². The molecule has 1 aliphatic rings. The van der Waals surface area contributed by atoms with Gasteiger partial charge in [-0.25, -0.2) is 9.59 Å². The molecule has 1 saturated heterocycles. The highest BCUT2D eigenvalue weighted by Crippen LogP contribution is 2.16. The van der Waals surface area contributed by atoms with Crippen LogP contribution >= 0.6 is 0 Å². The van der Waals surface area contributed by atoms with Crippen molar-refractivity contribution in [2.75, 3.05) is 19.7 Å². The summed E-state index contributed by atoms with van der Waals surface area (Å²) in [5.41, 5.74) is -0.376. The minimum absolute atomic E-state index is 0.327. The Morgan fingerprint density at radius 2 is 2.17 bits per heavy atom. The molecule has 6 nitrogen and oxygen atoms in total. The molecule has 0 aromatic rings. The highest BCUT2D eigenvalue weighted by Gasteiger charge is 2.31. The molecule has 0 aliphatic carbocycles. The molecule has 1 rings (SSSR count). The van der Waals surface area contributed by atoms with Crippen molar-refractivity contribution in [2.24, 2.45) is 0 Å². The number of urea groups is 1. The molecular weight excluding hydrogens is 236 g/mol. The van der Waals surface area contributed by atoms with Crippen molar-refractivity contribution >= 4 is 12.0 Å². The summed E-state index contributed by atoms with van der Waals surface area (Å²) >= 11 is 0. The van der Waals surface area contributed by atoms with Gasteiger partial charge in [-0.15, -0.1) is 0 Å². The summed E-state index contributed by atoms with van der Waals surface area (Å²) in [5.74, 6) is -0.988. The van der Waals surface area contributed by atoms with E-state index in [1.807, 2.05) is 20.8 Å². The fourth-order valence-electron chi connectivity index (χ4n) is 1.98. The van der Waals surface area contributed by atoms with Crippen molar-refractivity contribution in [1.29, 1.82) is 0 Å². The van der Waals surface area contributed by atoms with E-state index < -0.39 is 12.0 Å². The largest absolute Gasteiger partial charge is 0.480 e. The predicted octanol–water partition coefficient (Wildman–Crippen LogP) is 1.06. The maximum Gasteiger partial charge on any atom is 0.326 e. The third-order valence-electron chi connectivity index (χ3n) is 2.89. The Labute approximate surface area is 107 Å². The van der Waals surface area contributed by atoms with Crippen LogP contribution < -0.4 is 5.32 Å². The summed E-state index contributed by atoms with van der Waals surface area (Å²) in [7, 11) is 0. The van der Waals surface area contributed by atoms with E-state index in [1.165, 1.54) is 0 Å². The lowest BCUT2D eigenvalue weighted by Gasteiger charge is -2.38. The summed E-state index contributed by atoms with van der Waals surface area (Å²) in [4.78, 5) is 24.6. The van der Waals surface area contributed by atoms with Crippen LogP contribution in [0.25, 0.3) is 0 Å². The molecule has 0 aromatic heterocycles. The van der Waals surface area contributed by atoms with Crippen LogP contribution in [0.15, 0.2) is 0 Å². The van der Waals surface area contributed by atoms with Crippen LogP contribution in [0.3, 0.4) is 0 Å². The van der Waals surface area contributed by atoms with E-state index >= 15 is 0 Å². The highest BCUT2D eigenvalue weighted by molar-refractivity contribution is 5.82. The summed E-state index contributed by atoms with van der Waals surface area (Å²) < 4.78 is 5.51. The number of hydrogen-bond donors (Lipinski definition) is 2. The zero-order valence-corrected chi connectivity index (χ0v) is 11.2. The monoisotopic (exact) mass is 258 g/mol. The normalized spacial score (nSPS) is 20.3. The van der Waals surface area contributed by atoms with E-state index in [2.05, 4.69) is 5.32 Å². The van der Waals surface area contributed by atoms with E-state index in [0.29, 0.717) is 32.5 Å². The number of nitrogens with one attached hydrogen (secondary N) is 1. The van der Waals surface area contributed by atoms with Gasteiger partial charge in [0.15, 0.2) is 0 Å². The lowest BCUT2D eigenvalue weighted by molar-refractivity contribution is -0.139. The predicted molar refractivity (Wildman–Crippen MR) is 66.5 cm³/mol. The number of aliphatic carboxylic acids is 1. The summed E-state index contributed by atoms with van der Waals surface area (Å²) in [6.07, 6.45) is 1.15. The molecule has 18 heavy (non-hydrogen) atoms. The molecule has 0 saturated carbocycles. The first-order valence-corrected chi connectivity index (χ1v) is 6.28. The standard InChI is InChI=1S/C12H22N2O4/c1-4-5-9(10(15)16)13-11(17)14-6-7-18-12(2,3)8-14/h9H,4-8H2,1-3H3,(H,13,17)(H,15,16)/t9-/m0/s1. The van der Waals surface area contributed by atoms with Gasteiger partial charge in [-0.1, -0.05) is 13.3 Å². The number of ether oxygens (including phenoxy) is 1. The van der Waals surface area contributed by atoms with E-state index in [4.69, 9.17) is 9.84 Å². The number of carboxylic acids is 1. The number of morpholine rings is 1.